The number of hydrogen-bond donors (Lipinski definition) is 0. The maximum atomic E-state index is 3.90. The lowest BCUT2D eigenvalue weighted by molar-refractivity contribution is 0.314. The minimum atomic E-state index is 0.571. The Morgan fingerprint density at radius 1 is 1.41 bits per heavy atom. The third-order valence-electron chi connectivity index (χ3n) is 4.58. The van der Waals surface area contributed by atoms with Gasteiger partial charge in [-0.25, -0.2) is 0 Å². The second-order valence-corrected chi connectivity index (χ2v) is 9.25. The van der Waals surface area contributed by atoms with Crippen LogP contribution in [0.2, 0.25) is 0 Å². The van der Waals surface area contributed by atoms with Crippen molar-refractivity contribution in [3.63, 3.8) is 0 Å². The molecule has 0 aliphatic heterocycles. The first-order valence-corrected chi connectivity index (χ1v) is 9.06. The fourth-order valence-electron chi connectivity index (χ4n) is 3.69. The van der Waals surface area contributed by atoms with E-state index in [-0.39, 0.29) is 0 Å². The van der Waals surface area contributed by atoms with Crippen molar-refractivity contribution in [1.82, 2.24) is 0 Å². The summed E-state index contributed by atoms with van der Waals surface area (Å²) >= 11 is 9.43. The Labute approximate surface area is 124 Å². The van der Waals surface area contributed by atoms with Gasteiger partial charge in [0, 0.05) is 9.70 Å². The third-order valence-corrected chi connectivity index (χ3v) is 8.00. The van der Waals surface area contributed by atoms with Crippen molar-refractivity contribution < 1.29 is 0 Å². The Hall–Kier alpha value is 0.660. The quantitative estimate of drug-likeness (QED) is 0.559. The van der Waals surface area contributed by atoms with Crippen LogP contribution >= 0.6 is 43.2 Å². The van der Waals surface area contributed by atoms with Gasteiger partial charge in [-0.05, 0) is 77.9 Å². The summed E-state index contributed by atoms with van der Waals surface area (Å²) in [4.78, 5) is 2.07. The average Bonchev–Trinajstić information content (AvgIpc) is 2.95. The van der Waals surface area contributed by atoms with Crippen molar-refractivity contribution >= 4 is 43.2 Å². The highest BCUT2D eigenvalue weighted by molar-refractivity contribution is 9.11. The van der Waals surface area contributed by atoms with Gasteiger partial charge in [-0.1, -0.05) is 22.4 Å². The monoisotopic (exact) mass is 376 g/mol. The van der Waals surface area contributed by atoms with E-state index < -0.39 is 0 Å². The Morgan fingerprint density at radius 3 is 2.76 bits per heavy atom. The van der Waals surface area contributed by atoms with Gasteiger partial charge in [0.15, 0.2) is 0 Å². The highest BCUT2D eigenvalue weighted by Gasteiger charge is 2.40. The van der Waals surface area contributed by atoms with Crippen molar-refractivity contribution in [2.45, 2.75) is 43.9 Å². The Bertz CT molecular complexity index is 393. The van der Waals surface area contributed by atoms with Crippen LogP contribution in [0, 0.1) is 24.7 Å². The lowest BCUT2D eigenvalue weighted by Crippen LogP contribution is -2.11. The first-order valence-electron chi connectivity index (χ1n) is 6.53. The van der Waals surface area contributed by atoms with Crippen LogP contribution < -0.4 is 0 Å². The van der Waals surface area contributed by atoms with E-state index in [0.717, 1.165) is 17.8 Å². The van der Waals surface area contributed by atoms with Gasteiger partial charge in [0.25, 0.3) is 0 Å². The topological polar surface area (TPSA) is 0 Å². The molecule has 0 saturated heterocycles. The lowest BCUT2D eigenvalue weighted by atomic mass is 9.85. The highest BCUT2D eigenvalue weighted by atomic mass is 79.9. The number of alkyl halides is 1. The van der Waals surface area contributed by atoms with Gasteiger partial charge < -0.3 is 0 Å². The van der Waals surface area contributed by atoms with E-state index in [1.165, 1.54) is 46.3 Å². The lowest BCUT2D eigenvalue weighted by Gasteiger charge is -2.23. The molecule has 2 aliphatic rings. The number of hydrogen-bond acceptors (Lipinski definition) is 1. The normalized spacial score (nSPS) is 33.2. The van der Waals surface area contributed by atoms with Gasteiger partial charge in [-0.3, -0.25) is 0 Å². The molecule has 3 heteroatoms. The van der Waals surface area contributed by atoms with Crippen LogP contribution in [0.5, 0.6) is 0 Å². The molecule has 3 rings (SSSR count). The zero-order valence-corrected chi connectivity index (χ0v) is 14.1. The van der Waals surface area contributed by atoms with Gasteiger partial charge in [0.05, 0.1) is 3.79 Å². The molecule has 17 heavy (non-hydrogen) atoms. The molecule has 0 amide bonds. The van der Waals surface area contributed by atoms with Gasteiger partial charge in [0.1, 0.15) is 0 Å². The van der Waals surface area contributed by atoms with Crippen LogP contribution in [-0.4, -0.2) is 0 Å². The average molecular weight is 378 g/mol. The summed E-state index contributed by atoms with van der Waals surface area (Å²) in [6.45, 7) is 2.18. The summed E-state index contributed by atoms with van der Waals surface area (Å²) in [5, 5.41) is 0. The maximum absolute atomic E-state index is 3.90. The van der Waals surface area contributed by atoms with Crippen molar-refractivity contribution in [3.8, 4) is 0 Å². The molecule has 0 nitrogen and oxygen atoms in total. The van der Waals surface area contributed by atoms with E-state index in [9.17, 15) is 0 Å². The molecule has 0 N–H and O–H groups in total. The number of thiophene rings is 1. The molecule has 4 unspecified atom stereocenters. The molecule has 2 saturated carbocycles. The number of halogens is 2. The Balaban J connectivity index is 1.65. The fraction of sp³-hybridized carbons (Fsp3) is 0.714. The largest absolute Gasteiger partial charge is 0.132 e. The Morgan fingerprint density at radius 2 is 2.24 bits per heavy atom. The number of fused-ring (bicyclic) bond motifs is 2. The third kappa shape index (κ3) is 2.52. The van der Waals surface area contributed by atoms with Gasteiger partial charge in [-0.2, -0.15) is 0 Å². The molecular formula is C14H18Br2S. The van der Waals surface area contributed by atoms with Crippen molar-refractivity contribution in [1.29, 1.82) is 0 Å². The molecule has 1 aromatic rings. The summed E-state index contributed by atoms with van der Waals surface area (Å²) in [6.07, 6.45) is 7.38. The molecule has 1 heterocycles. The summed E-state index contributed by atoms with van der Waals surface area (Å²) in [7, 11) is 0. The van der Waals surface area contributed by atoms with E-state index in [2.05, 4.69) is 44.8 Å². The smallest absolute Gasteiger partial charge is 0.0730 e. The van der Waals surface area contributed by atoms with Crippen LogP contribution in [0.25, 0.3) is 0 Å². The highest BCUT2D eigenvalue weighted by Crippen LogP contribution is 2.52. The van der Waals surface area contributed by atoms with Crippen LogP contribution in [-0.2, 0) is 0 Å². The summed E-state index contributed by atoms with van der Waals surface area (Å²) in [5.74, 6) is 3.10. The predicted octanol–water partition coefficient (Wildman–Crippen LogP) is 6.08. The van der Waals surface area contributed by atoms with E-state index in [1.54, 1.807) is 0 Å². The van der Waals surface area contributed by atoms with Gasteiger partial charge >= 0.3 is 0 Å². The minimum Gasteiger partial charge on any atom is -0.132 e. The van der Waals surface area contributed by atoms with Gasteiger partial charge in [0.2, 0.25) is 0 Å². The molecular weight excluding hydrogens is 360 g/mol. The SMILES string of the molecule is Cc1cc(C(Br)CC2CC3CCC2C3)sc1Br. The summed E-state index contributed by atoms with van der Waals surface area (Å²) in [6, 6.07) is 2.33. The zero-order valence-electron chi connectivity index (χ0n) is 10.1. The molecule has 2 fully saturated rings. The van der Waals surface area contributed by atoms with Gasteiger partial charge in [-0.15, -0.1) is 11.3 Å². The fourth-order valence-corrected chi connectivity index (χ4v) is 6.14. The van der Waals surface area contributed by atoms with Crippen molar-refractivity contribution in [2.24, 2.45) is 17.8 Å². The molecule has 0 radical (unpaired) electrons. The first kappa shape index (κ1) is 12.7. The van der Waals surface area contributed by atoms with E-state index in [4.69, 9.17) is 0 Å². The van der Waals surface area contributed by atoms with E-state index >= 15 is 0 Å². The molecule has 0 spiro atoms. The Kier molecular flexibility index (Phi) is 3.71. The number of rotatable bonds is 3. The number of aryl methyl sites for hydroxylation is 1. The zero-order chi connectivity index (χ0) is 12.0. The van der Waals surface area contributed by atoms with Crippen LogP contribution in [0.15, 0.2) is 9.85 Å². The molecule has 4 atom stereocenters. The molecule has 2 bridgehead atoms. The second-order valence-electron chi connectivity index (χ2n) is 5.74. The van der Waals surface area contributed by atoms with Crippen LogP contribution in [0.3, 0.4) is 0 Å². The minimum absolute atomic E-state index is 0.571. The molecule has 2 aliphatic carbocycles. The van der Waals surface area contributed by atoms with Crippen molar-refractivity contribution in [3.05, 3.63) is 20.3 Å². The van der Waals surface area contributed by atoms with Crippen LogP contribution in [0.4, 0.5) is 0 Å². The molecule has 94 valence electrons. The summed E-state index contributed by atoms with van der Waals surface area (Å²) in [5.41, 5.74) is 1.38. The molecule has 0 aromatic carbocycles. The predicted molar refractivity (Wildman–Crippen MR) is 82.0 cm³/mol. The van der Waals surface area contributed by atoms with Crippen LogP contribution in [0.1, 0.15) is 47.4 Å². The second kappa shape index (κ2) is 4.97. The van der Waals surface area contributed by atoms with Crippen molar-refractivity contribution in [2.75, 3.05) is 0 Å². The molecule has 1 aromatic heterocycles. The standard InChI is InChI=1S/C14H18Br2S/c1-8-4-13(17-14(8)16)12(15)7-11-6-9-2-3-10(11)5-9/h4,9-12H,2-3,5-7H2,1H3. The first-order chi connectivity index (χ1) is 8.13. The van der Waals surface area contributed by atoms with E-state index in [0.29, 0.717) is 4.83 Å². The maximum Gasteiger partial charge on any atom is 0.0730 e. The van der Waals surface area contributed by atoms with E-state index in [1.807, 2.05) is 11.3 Å². The summed E-state index contributed by atoms with van der Waals surface area (Å²) < 4.78 is 1.30.